The van der Waals surface area contributed by atoms with Crippen LogP contribution in [0.25, 0.3) is 10.9 Å². The van der Waals surface area contributed by atoms with Gasteiger partial charge in [-0.3, -0.25) is 4.98 Å². The molecule has 0 aliphatic carbocycles. The largest absolute Gasteiger partial charge is 0.393 e. The molecule has 1 fully saturated rings. The molecule has 2 unspecified atom stereocenters. The zero-order chi connectivity index (χ0) is 12.5. The Labute approximate surface area is 106 Å². The van der Waals surface area contributed by atoms with Gasteiger partial charge in [-0.05, 0) is 31.0 Å². The predicted molar refractivity (Wildman–Crippen MR) is 70.4 cm³/mol. The van der Waals surface area contributed by atoms with Gasteiger partial charge in [0.25, 0.3) is 0 Å². The van der Waals surface area contributed by atoms with E-state index in [1.54, 1.807) is 0 Å². The summed E-state index contributed by atoms with van der Waals surface area (Å²) < 4.78 is 5.81. The van der Waals surface area contributed by atoms with Gasteiger partial charge in [-0.1, -0.05) is 18.2 Å². The van der Waals surface area contributed by atoms with Gasteiger partial charge in [0.2, 0.25) is 0 Å². The first-order valence-electron chi connectivity index (χ1n) is 6.40. The molecule has 3 heteroatoms. The molecule has 0 radical (unpaired) electrons. The van der Waals surface area contributed by atoms with E-state index >= 15 is 0 Å². The van der Waals surface area contributed by atoms with Gasteiger partial charge in [-0.25, -0.2) is 0 Å². The predicted octanol–water partition coefficient (Wildman–Crippen LogP) is 2.76. The molecule has 0 amide bonds. The number of aliphatic hydroxyl groups excluding tert-OH is 1. The molecule has 1 N–H and O–H groups in total. The van der Waals surface area contributed by atoms with Crippen molar-refractivity contribution in [2.45, 2.75) is 32.0 Å². The lowest BCUT2D eigenvalue weighted by Crippen LogP contribution is -2.23. The number of aromatic nitrogens is 1. The number of fused-ring (bicyclic) bond motifs is 1. The van der Waals surface area contributed by atoms with Crippen LogP contribution in [0, 0.1) is 6.92 Å². The minimum absolute atomic E-state index is 0.0136. The molecule has 94 valence electrons. The summed E-state index contributed by atoms with van der Waals surface area (Å²) >= 11 is 0. The highest BCUT2D eigenvalue weighted by atomic mass is 16.5. The van der Waals surface area contributed by atoms with Crippen molar-refractivity contribution in [1.29, 1.82) is 0 Å². The van der Waals surface area contributed by atoms with Crippen LogP contribution in [0.15, 0.2) is 30.3 Å². The van der Waals surface area contributed by atoms with E-state index in [0.717, 1.165) is 28.6 Å². The van der Waals surface area contributed by atoms with Crippen molar-refractivity contribution < 1.29 is 9.84 Å². The zero-order valence-corrected chi connectivity index (χ0v) is 10.5. The van der Waals surface area contributed by atoms with E-state index in [2.05, 4.69) is 17.1 Å². The summed E-state index contributed by atoms with van der Waals surface area (Å²) in [5, 5.41) is 10.9. The molecule has 3 nitrogen and oxygen atoms in total. The maximum atomic E-state index is 9.79. The molecule has 1 aliphatic heterocycles. The van der Waals surface area contributed by atoms with Crippen molar-refractivity contribution >= 4 is 10.9 Å². The summed E-state index contributed by atoms with van der Waals surface area (Å²) in [4.78, 5) is 4.53. The Morgan fingerprint density at radius 1 is 1.33 bits per heavy atom. The third kappa shape index (κ3) is 2.11. The van der Waals surface area contributed by atoms with E-state index in [4.69, 9.17) is 4.74 Å². The highest BCUT2D eigenvalue weighted by Crippen LogP contribution is 2.32. The number of rotatable bonds is 1. The van der Waals surface area contributed by atoms with Gasteiger partial charge >= 0.3 is 0 Å². The molecule has 0 spiro atoms. The smallest absolute Gasteiger partial charge is 0.0856 e. The molecular formula is C15H17NO2. The van der Waals surface area contributed by atoms with Gasteiger partial charge in [0.1, 0.15) is 0 Å². The molecule has 1 aromatic heterocycles. The molecule has 1 saturated heterocycles. The van der Waals surface area contributed by atoms with Crippen LogP contribution in [0.5, 0.6) is 0 Å². The second-order valence-electron chi connectivity index (χ2n) is 4.91. The minimum Gasteiger partial charge on any atom is -0.393 e. The van der Waals surface area contributed by atoms with Gasteiger partial charge < -0.3 is 9.84 Å². The lowest BCUT2D eigenvalue weighted by Gasteiger charge is -2.27. The fraction of sp³-hybridized carbons (Fsp3) is 0.400. The standard InChI is InChI=1S/C15H17NO2/c1-10-8-13(15-9-11(17)6-7-18-15)12-4-2-3-5-14(12)16-10/h2-5,8,11,15,17H,6-7,9H2,1H3. The van der Waals surface area contributed by atoms with Crippen molar-refractivity contribution in [3.8, 4) is 0 Å². The SMILES string of the molecule is Cc1cc(C2CC(O)CCO2)c2ccccc2n1. The molecule has 0 saturated carbocycles. The van der Waals surface area contributed by atoms with Crippen LogP contribution in [0.2, 0.25) is 0 Å². The topological polar surface area (TPSA) is 42.4 Å². The summed E-state index contributed by atoms with van der Waals surface area (Å²) in [6.07, 6.45) is 1.14. The van der Waals surface area contributed by atoms with E-state index in [1.165, 1.54) is 0 Å². The fourth-order valence-corrected chi connectivity index (χ4v) is 2.60. The average molecular weight is 243 g/mol. The van der Waals surface area contributed by atoms with Gasteiger partial charge in [-0.15, -0.1) is 0 Å². The molecule has 2 aromatic rings. The molecule has 0 bridgehead atoms. The molecule has 18 heavy (non-hydrogen) atoms. The van der Waals surface area contributed by atoms with Crippen molar-refractivity contribution in [1.82, 2.24) is 4.98 Å². The first-order valence-corrected chi connectivity index (χ1v) is 6.40. The Morgan fingerprint density at radius 2 is 2.17 bits per heavy atom. The normalized spacial score (nSPS) is 24.3. The Hall–Kier alpha value is -1.45. The maximum Gasteiger partial charge on any atom is 0.0856 e. The third-order valence-electron chi connectivity index (χ3n) is 3.48. The number of aryl methyl sites for hydroxylation is 1. The molecule has 3 rings (SSSR count). The van der Waals surface area contributed by atoms with Gasteiger partial charge in [0.05, 0.1) is 17.7 Å². The van der Waals surface area contributed by atoms with Crippen LogP contribution in [-0.4, -0.2) is 22.8 Å². The Kier molecular flexibility index (Phi) is 3.02. The summed E-state index contributed by atoms with van der Waals surface area (Å²) in [5.41, 5.74) is 3.14. The Bertz CT molecular complexity index is 567. The number of benzene rings is 1. The molecule has 1 aliphatic rings. The first kappa shape index (κ1) is 11.6. The lowest BCUT2D eigenvalue weighted by molar-refractivity contribution is -0.0441. The van der Waals surface area contributed by atoms with Crippen molar-refractivity contribution in [2.75, 3.05) is 6.61 Å². The molecule has 1 aromatic carbocycles. The maximum absolute atomic E-state index is 9.79. The van der Waals surface area contributed by atoms with Gasteiger partial charge in [0.15, 0.2) is 0 Å². The quantitative estimate of drug-likeness (QED) is 0.837. The van der Waals surface area contributed by atoms with Crippen LogP contribution in [0.3, 0.4) is 0 Å². The number of pyridine rings is 1. The van der Waals surface area contributed by atoms with E-state index < -0.39 is 0 Å². The average Bonchev–Trinajstić information content (AvgIpc) is 2.37. The van der Waals surface area contributed by atoms with Crippen molar-refractivity contribution in [2.24, 2.45) is 0 Å². The Balaban J connectivity index is 2.09. The van der Waals surface area contributed by atoms with Crippen LogP contribution in [0.4, 0.5) is 0 Å². The molecular weight excluding hydrogens is 226 g/mol. The van der Waals surface area contributed by atoms with E-state index in [9.17, 15) is 5.11 Å². The van der Waals surface area contributed by atoms with Crippen molar-refractivity contribution in [3.05, 3.63) is 41.6 Å². The number of nitrogens with zero attached hydrogens (tertiary/aromatic N) is 1. The summed E-state index contributed by atoms with van der Waals surface area (Å²) in [7, 11) is 0. The minimum atomic E-state index is -0.254. The fourth-order valence-electron chi connectivity index (χ4n) is 2.60. The van der Waals surface area contributed by atoms with Crippen LogP contribution in [0.1, 0.15) is 30.2 Å². The third-order valence-corrected chi connectivity index (χ3v) is 3.48. The molecule has 2 atom stereocenters. The number of hydrogen-bond acceptors (Lipinski definition) is 3. The lowest BCUT2D eigenvalue weighted by atomic mass is 9.96. The summed E-state index contributed by atoms with van der Waals surface area (Å²) in [6.45, 7) is 2.62. The monoisotopic (exact) mass is 243 g/mol. The first-order chi connectivity index (χ1) is 8.74. The number of hydrogen-bond donors (Lipinski definition) is 1. The number of para-hydroxylation sites is 1. The van der Waals surface area contributed by atoms with E-state index in [1.807, 2.05) is 25.1 Å². The van der Waals surface area contributed by atoms with Crippen molar-refractivity contribution in [3.63, 3.8) is 0 Å². The van der Waals surface area contributed by atoms with Crippen LogP contribution < -0.4 is 0 Å². The highest BCUT2D eigenvalue weighted by Gasteiger charge is 2.24. The van der Waals surface area contributed by atoms with Crippen LogP contribution in [-0.2, 0) is 4.74 Å². The second-order valence-corrected chi connectivity index (χ2v) is 4.91. The van der Waals surface area contributed by atoms with E-state index in [-0.39, 0.29) is 12.2 Å². The van der Waals surface area contributed by atoms with Crippen LogP contribution >= 0.6 is 0 Å². The number of ether oxygens (including phenoxy) is 1. The zero-order valence-electron chi connectivity index (χ0n) is 10.5. The van der Waals surface area contributed by atoms with Gasteiger partial charge in [0, 0.05) is 24.1 Å². The molecule has 2 heterocycles. The Morgan fingerprint density at radius 3 is 3.00 bits per heavy atom. The summed E-state index contributed by atoms with van der Waals surface area (Å²) in [5.74, 6) is 0. The second kappa shape index (κ2) is 4.67. The van der Waals surface area contributed by atoms with Gasteiger partial charge in [-0.2, -0.15) is 0 Å². The number of aliphatic hydroxyl groups is 1. The van der Waals surface area contributed by atoms with E-state index in [0.29, 0.717) is 13.0 Å². The summed E-state index contributed by atoms with van der Waals surface area (Å²) in [6, 6.07) is 10.2. The highest BCUT2D eigenvalue weighted by molar-refractivity contribution is 5.82.